The molecular formula is C12H18N2OS. The van der Waals surface area contributed by atoms with E-state index in [9.17, 15) is 4.79 Å². The Morgan fingerprint density at radius 2 is 2.44 bits per heavy atom. The topological polar surface area (TPSA) is 42.0 Å². The molecule has 88 valence electrons. The molecule has 1 aromatic rings. The third kappa shape index (κ3) is 2.82. The molecule has 0 radical (unpaired) electrons. The van der Waals surface area contributed by atoms with Crippen molar-refractivity contribution in [1.82, 2.24) is 10.3 Å². The van der Waals surface area contributed by atoms with Gasteiger partial charge in [-0.15, -0.1) is 11.3 Å². The SMILES string of the molecule is CCC(C)C(=O)NCc1csc(C2CC2)n1. The number of carbonyl (C=O) groups excluding carboxylic acids is 1. The van der Waals surface area contributed by atoms with Crippen LogP contribution in [0.5, 0.6) is 0 Å². The van der Waals surface area contributed by atoms with Crippen LogP contribution in [-0.2, 0) is 11.3 Å². The van der Waals surface area contributed by atoms with Crippen molar-refractivity contribution >= 4 is 17.2 Å². The summed E-state index contributed by atoms with van der Waals surface area (Å²) in [5.74, 6) is 0.939. The predicted molar refractivity (Wildman–Crippen MR) is 65.4 cm³/mol. The first-order valence-corrected chi connectivity index (χ1v) is 6.80. The Morgan fingerprint density at radius 1 is 1.69 bits per heavy atom. The van der Waals surface area contributed by atoms with Gasteiger partial charge >= 0.3 is 0 Å². The van der Waals surface area contributed by atoms with Gasteiger partial charge < -0.3 is 5.32 Å². The first kappa shape index (κ1) is 11.6. The van der Waals surface area contributed by atoms with Crippen LogP contribution in [0, 0.1) is 5.92 Å². The molecular weight excluding hydrogens is 220 g/mol. The zero-order valence-corrected chi connectivity index (χ0v) is 10.6. The molecule has 1 fully saturated rings. The molecule has 1 aliphatic rings. The molecule has 1 aliphatic carbocycles. The quantitative estimate of drug-likeness (QED) is 0.857. The lowest BCUT2D eigenvalue weighted by Crippen LogP contribution is -2.28. The number of hydrogen-bond donors (Lipinski definition) is 1. The Balaban J connectivity index is 1.82. The predicted octanol–water partition coefficient (Wildman–Crippen LogP) is 2.68. The fourth-order valence-electron chi connectivity index (χ4n) is 1.46. The van der Waals surface area contributed by atoms with Crippen LogP contribution in [0.4, 0.5) is 0 Å². The lowest BCUT2D eigenvalue weighted by molar-refractivity contribution is -0.124. The molecule has 16 heavy (non-hydrogen) atoms. The van der Waals surface area contributed by atoms with Gasteiger partial charge in [0, 0.05) is 17.2 Å². The van der Waals surface area contributed by atoms with Crippen LogP contribution in [0.3, 0.4) is 0 Å². The van der Waals surface area contributed by atoms with Crippen molar-refractivity contribution in [2.75, 3.05) is 0 Å². The van der Waals surface area contributed by atoms with Crippen LogP contribution in [0.15, 0.2) is 5.38 Å². The number of aromatic nitrogens is 1. The van der Waals surface area contributed by atoms with E-state index in [0.29, 0.717) is 12.5 Å². The number of thiazole rings is 1. The van der Waals surface area contributed by atoms with Crippen LogP contribution in [0.2, 0.25) is 0 Å². The highest BCUT2D eigenvalue weighted by molar-refractivity contribution is 7.09. The summed E-state index contributed by atoms with van der Waals surface area (Å²) in [6.07, 6.45) is 3.45. The van der Waals surface area contributed by atoms with Gasteiger partial charge in [0.25, 0.3) is 0 Å². The van der Waals surface area contributed by atoms with Gasteiger partial charge in [0.15, 0.2) is 0 Å². The van der Waals surface area contributed by atoms with E-state index in [4.69, 9.17) is 0 Å². The van der Waals surface area contributed by atoms with Gasteiger partial charge in [0.05, 0.1) is 17.2 Å². The fraction of sp³-hybridized carbons (Fsp3) is 0.667. The normalized spacial score (nSPS) is 17.1. The standard InChI is InChI=1S/C12H18N2OS/c1-3-8(2)11(15)13-6-10-7-16-12(14-10)9-4-5-9/h7-9H,3-6H2,1-2H3,(H,13,15). The number of hydrogen-bond acceptors (Lipinski definition) is 3. The Kier molecular flexibility index (Phi) is 3.59. The third-order valence-corrected chi connectivity index (χ3v) is 4.06. The number of nitrogens with zero attached hydrogens (tertiary/aromatic N) is 1. The van der Waals surface area contributed by atoms with E-state index in [2.05, 4.69) is 15.7 Å². The maximum atomic E-state index is 11.6. The van der Waals surface area contributed by atoms with E-state index in [1.165, 1.54) is 17.8 Å². The third-order valence-electron chi connectivity index (χ3n) is 3.00. The van der Waals surface area contributed by atoms with E-state index < -0.39 is 0 Å². The summed E-state index contributed by atoms with van der Waals surface area (Å²) in [7, 11) is 0. The average molecular weight is 238 g/mol. The van der Waals surface area contributed by atoms with E-state index >= 15 is 0 Å². The highest BCUT2D eigenvalue weighted by Gasteiger charge is 2.26. The summed E-state index contributed by atoms with van der Waals surface area (Å²) in [4.78, 5) is 16.1. The molecule has 0 spiro atoms. The van der Waals surface area contributed by atoms with Crippen LogP contribution >= 0.6 is 11.3 Å². The summed E-state index contributed by atoms with van der Waals surface area (Å²) >= 11 is 1.72. The molecule has 0 saturated heterocycles. The molecule has 1 N–H and O–H groups in total. The van der Waals surface area contributed by atoms with E-state index in [0.717, 1.165) is 12.1 Å². The monoisotopic (exact) mass is 238 g/mol. The van der Waals surface area contributed by atoms with Crippen molar-refractivity contribution in [3.05, 3.63) is 16.1 Å². The number of nitrogens with one attached hydrogen (secondary N) is 1. The van der Waals surface area contributed by atoms with Crippen LogP contribution in [-0.4, -0.2) is 10.9 Å². The molecule has 1 amide bonds. The van der Waals surface area contributed by atoms with Gasteiger partial charge in [0.2, 0.25) is 5.91 Å². The van der Waals surface area contributed by atoms with Crippen LogP contribution < -0.4 is 5.32 Å². The summed E-state index contributed by atoms with van der Waals surface area (Å²) in [5.41, 5.74) is 1.00. The van der Waals surface area contributed by atoms with Crippen molar-refractivity contribution in [1.29, 1.82) is 0 Å². The molecule has 0 aromatic carbocycles. The second kappa shape index (κ2) is 4.95. The van der Waals surface area contributed by atoms with Gasteiger partial charge in [-0.1, -0.05) is 13.8 Å². The molecule has 1 unspecified atom stereocenters. The van der Waals surface area contributed by atoms with Crippen molar-refractivity contribution < 1.29 is 4.79 Å². The molecule has 0 aliphatic heterocycles. The maximum Gasteiger partial charge on any atom is 0.223 e. The average Bonchev–Trinajstić information content (AvgIpc) is 3.05. The summed E-state index contributed by atoms with van der Waals surface area (Å²) in [6, 6.07) is 0. The van der Waals surface area contributed by atoms with Crippen molar-refractivity contribution in [3.8, 4) is 0 Å². The minimum atomic E-state index is 0.0986. The zero-order chi connectivity index (χ0) is 11.5. The first-order valence-electron chi connectivity index (χ1n) is 5.92. The zero-order valence-electron chi connectivity index (χ0n) is 9.82. The lowest BCUT2D eigenvalue weighted by Gasteiger charge is -2.08. The molecule has 1 heterocycles. The van der Waals surface area contributed by atoms with Gasteiger partial charge in [0.1, 0.15) is 0 Å². The number of amides is 1. The lowest BCUT2D eigenvalue weighted by atomic mass is 10.1. The second-order valence-corrected chi connectivity index (χ2v) is 5.37. The highest BCUT2D eigenvalue weighted by Crippen LogP contribution is 2.41. The van der Waals surface area contributed by atoms with Crippen molar-refractivity contribution in [2.24, 2.45) is 5.92 Å². The molecule has 1 atom stereocenters. The summed E-state index contributed by atoms with van der Waals surface area (Å²) in [6.45, 7) is 4.55. The summed E-state index contributed by atoms with van der Waals surface area (Å²) < 4.78 is 0. The number of carbonyl (C=O) groups is 1. The van der Waals surface area contributed by atoms with E-state index in [1.807, 2.05) is 13.8 Å². The van der Waals surface area contributed by atoms with E-state index in [1.54, 1.807) is 11.3 Å². The molecule has 3 nitrogen and oxygen atoms in total. The van der Waals surface area contributed by atoms with Crippen molar-refractivity contribution in [3.63, 3.8) is 0 Å². The smallest absolute Gasteiger partial charge is 0.223 e. The van der Waals surface area contributed by atoms with Gasteiger partial charge in [-0.25, -0.2) is 4.98 Å². The second-order valence-electron chi connectivity index (χ2n) is 4.48. The minimum Gasteiger partial charge on any atom is -0.350 e. The molecule has 2 rings (SSSR count). The summed E-state index contributed by atoms with van der Waals surface area (Å²) in [5, 5.41) is 6.23. The Labute approximate surface area is 100 Å². The Bertz CT molecular complexity index is 371. The Morgan fingerprint density at radius 3 is 3.06 bits per heavy atom. The molecule has 4 heteroatoms. The van der Waals surface area contributed by atoms with Crippen molar-refractivity contribution in [2.45, 2.75) is 45.6 Å². The number of rotatable bonds is 5. The van der Waals surface area contributed by atoms with Crippen LogP contribution in [0.25, 0.3) is 0 Å². The van der Waals surface area contributed by atoms with E-state index in [-0.39, 0.29) is 11.8 Å². The Hall–Kier alpha value is -0.900. The van der Waals surface area contributed by atoms with Gasteiger partial charge in [-0.2, -0.15) is 0 Å². The maximum absolute atomic E-state index is 11.6. The molecule has 0 bridgehead atoms. The fourth-order valence-corrected chi connectivity index (χ4v) is 2.45. The van der Waals surface area contributed by atoms with Crippen LogP contribution in [0.1, 0.15) is 49.7 Å². The van der Waals surface area contributed by atoms with Gasteiger partial charge in [-0.05, 0) is 19.3 Å². The largest absolute Gasteiger partial charge is 0.350 e. The molecule has 1 aromatic heterocycles. The minimum absolute atomic E-state index is 0.0986. The molecule has 1 saturated carbocycles. The first-order chi connectivity index (χ1) is 7.70. The van der Waals surface area contributed by atoms with Gasteiger partial charge in [-0.3, -0.25) is 4.79 Å². The highest BCUT2D eigenvalue weighted by atomic mass is 32.1.